The van der Waals surface area contributed by atoms with E-state index < -0.39 is 10.0 Å². The molecule has 0 N–H and O–H groups in total. The van der Waals surface area contributed by atoms with Crippen molar-refractivity contribution in [1.29, 1.82) is 0 Å². The van der Waals surface area contributed by atoms with Crippen molar-refractivity contribution in [1.82, 2.24) is 28.7 Å². The molecule has 0 unspecified atom stereocenters. The zero-order chi connectivity index (χ0) is 19.9. The smallest absolute Gasteiger partial charge is 0.274 e. The largest absolute Gasteiger partial charge is 0.360 e. The molecule has 28 heavy (non-hydrogen) atoms. The number of aromatic nitrogens is 4. The van der Waals surface area contributed by atoms with Crippen LogP contribution in [0.15, 0.2) is 34.1 Å². The fraction of sp³-hybridized carbons (Fsp3) is 0.412. The molecule has 148 valence electrons. The molecule has 1 fully saturated rings. The van der Waals surface area contributed by atoms with Crippen LogP contribution < -0.4 is 0 Å². The van der Waals surface area contributed by atoms with Crippen LogP contribution in [0.2, 0.25) is 0 Å². The van der Waals surface area contributed by atoms with E-state index in [1.165, 1.54) is 4.31 Å². The van der Waals surface area contributed by atoms with E-state index in [0.29, 0.717) is 36.7 Å². The summed E-state index contributed by atoms with van der Waals surface area (Å²) < 4.78 is 34.1. The maximum Gasteiger partial charge on any atom is 0.274 e. The number of sulfonamides is 1. The molecule has 4 rings (SSSR count). The topological polar surface area (TPSA) is 114 Å². The van der Waals surface area contributed by atoms with Gasteiger partial charge in [0.1, 0.15) is 16.3 Å². The van der Waals surface area contributed by atoms with Crippen LogP contribution in [0.1, 0.15) is 28.4 Å². The minimum Gasteiger partial charge on any atom is -0.360 e. The van der Waals surface area contributed by atoms with Gasteiger partial charge in [0.15, 0.2) is 5.76 Å². The van der Waals surface area contributed by atoms with Gasteiger partial charge in [0.05, 0.1) is 0 Å². The summed E-state index contributed by atoms with van der Waals surface area (Å²) in [6.07, 6.45) is 5.54. The summed E-state index contributed by atoms with van der Waals surface area (Å²) in [6.45, 7) is 4.44. The maximum absolute atomic E-state index is 13.0. The second-order valence-electron chi connectivity index (χ2n) is 6.66. The van der Waals surface area contributed by atoms with Crippen LogP contribution in [0.4, 0.5) is 0 Å². The molecular weight excluding hydrogens is 384 g/mol. The molecule has 0 radical (unpaired) electrons. The van der Waals surface area contributed by atoms with E-state index in [1.54, 1.807) is 47.8 Å². The van der Waals surface area contributed by atoms with E-state index in [1.807, 2.05) is 0 Å². The molecule has 1 aliphatic rings. The Labute approximate surface area is 161 Å². The van der Waals surface area contributed by atoms with Gasteiger partial charge < -0.3 is 9.42 Å². The minimum atomic E-state index is -3.73. The molecule has 0 saturated carbocycles. The molecule has 0 aromatic carbocycles. The van der Waals surface area contributed by atoms with Gasteiger partial charge in [-0.2, -0.15) is 4.31 Å². The standard InChI is InChI=1S/C17H20N6O4S/c1-12-15(13(2)27-20-12)28(25,26)23-8-4-7-21(9-10-23)16(24)14-11-22-6-3-5-18-17(22)19-14/h3,5-6,11H,4,7-10H2,1-2H3. The molecule has 11 heteroatoms. The number of hydrogen-bond donors (Lipinski definition) is 0. The molecule has 0 aliphatic carbocycles. The molecule has 0 spiro atoms. The average molecular weight is 404 g/mol. The van der Waals surface area contributed by atoms with Crippen molar-refractivity contribution in [2.24, 2.45) is 0 Å². The van der Waals surface area contributed by atoms with E-state index in [9.17, 15) is 13.2 Å². The van der Waals surface area contributed by atoms with Crippen molar-refractivity contribution in [3.63, 3.8) is 0 Å². The number of amides is 1. The van der Waals surface area contributed by atoms with E-state index in [-0.39, 0.29) is 29.7 Å². The molecule has 3 aromatic heterocycles. The van der Waals surface area contributed by atoms with E-state index in [0.717, 1.165) is 0 Å². The third-order valence-electron chi connectivity index (χ3n) is 4.76. The lowest BCUT2D eigenvalue weighted by atomic mass is 10.3. The predicted molar refractivity (Wildman–Crippen MR) is 98.2 cm³/mol. The zero-order valence-corrected chi connectivity index (χ0v) is 16.4. The molecule has 1 aliphatic heterocycles. The van der Waals surface area contributed by atoms with Crippen LogP contribution in [0.3, 0.4) is 0 Å². The van der Waals surface area contributed by atoms with Crippen LogP contribution in [0, 0.1) is 13.8 Å². The predicted octanol–water partition coefficient (Wildman–Crippen LogP) is 0.871. The van der Waals surface area contributed by atoms with Gasteiger partial charge in [-0.25, -0.2) is 18.4 Å². The second kappa shape index (κ2) is 6.99. The normalized spacial score (nSPS) is 16.4. The quantitative estimate of drug-likeness (QED) is 0.636. The number of imidazole rings is 1. The van der Waals surface area contributed by atoms with Gasteiger partial charge in [-0.1, -0.05) is 5.16 Å². The minimum absolute atomic E-state index is 0.110. The number of rotatable bonds is 3. The Balaban J connectivity index is 1.53. The molecule has 0 bridgehead atoms. The Kier molecular flexibility index (Phi) is 4.63. The first-order valence-corrected chi connectivity index (χ1v) is 10.3. The summed E-state index contributed by atoms with van der Waals surface area (Å²) in [7, 11) is -3.73. The van der Waals surface area contributed by atoms with Crippen molar-refractivity contribution in [3.8, 4) is 0 Å². The number of fused-ring (bicyclic) bond motifs is 1. The van der Waals surface area contributed by atoms with Crippen LogP contribution >= 0.6 is 0 Å². The first-order chi connectivity index (χ1) is 13.4. The third-order valence-corrected chi connectivity index (χ3v) is 6.91. The summed E-state index contributed by atoms with van der Waals surface area (Å²) >= 11 is 0. The number of aryl methyl sites for hydroxylation is 2. The summed E-state index contributed by atoms with van der Waals surface area (Å²) in [5.74, 6) is 0.484. The summed E-state index contributed by atoms with van der Waals surface area (Å²) in [5, 5.41) is 3.74. The van der Waals surface area contributed by atoms with Crippen molar-refractivity contribution < 1.29 is 17.7 Å². The average Bonchev–Trinajstić information content (AvgIpc) is 3.14. The molecule has 4 heterocycles. The van der Waals surface area contributed by atoms with Gasteiger partial charge in [-0.3, -0.25) is 9.20 Å². The van der Waals surface area contributed by atoms with Crippen LogP contribution in [0.5, 0.6) is 0 Å². The van der Waals surface area contributed by atoms with Crippen molar-refractivity contribution >= 4 is 21.7 Å². The highest BCUT2D eigenvalue weighted by Gasteiger charge is 2.33. The molecule has 10 nitrogen and oxygen atoms in total. The van der Waals surface area contributed by atoms with Crippen molar-refractivity contribution in [2.75, 3.05) is 26.2 Å². The molecule has 1 saturated heterocycles. The zero-order valence-electron chi connectivity index (χ0n) is 15.6. The van der Waals surface area contributed by atoms with Crippen LogP contribution in [0.25, 0.3) is 5.78 Å². The summed E-state index contributed by atoms with van der Waals surface area (Å²) in [5.41, 5.74) is 0.632. The van der Waals surface area contributed by atoms with E-state index in [2.05, 4.69) is 15.1 Å². The summed E-state index contributed by atoms with van der Waals surface area (Å²) in [4.78, 5) is 23.0. The van der Waals surface area contributed by atoms with Crippen LogP contribution in [-0.2, 0) is 10.0 Å². The number of hydrogen-bond acceptors (Lipinski definition) is 7. The molecule has 0 atom stereocenters. The van der Waals surface area contributed by atoms with Gasteiger partial charge in [0, 0.05) is 44.8 Å². The van der Waals surface area contributed by atoms with Crippen molar-refractivity contribution in [2.45, 2.75) is 25.2 Å². The molecular formula is C17H20N6O4S. The lowest BCUT2D eigenvalue weighted by molar-refractivity contribution is 0.0759. The van der Waals surface area contributed by atoms with Gasteiger partial charge in [-0.05, 0) is 26.3 Å². The maximum atomic E-state index is 13.0. The highest BCUT2D eigenvalue weighted by Crippen LogP contribution is 2.24. The number of carbonyl (C=O) groups excluding carboxylic acids is 1. The first kappa shape index (κ1) is 18.6. The highest BCUT2D eigenvalue weighted by atomic mass is 32.2. The highest BCUT2D eigenvalue weighted by molar-refractivity contribution is 7.89. The fourth-order valence-corrected chi connectivity index (χ4v) is 5.16. The van der Waals surface area contributed by atoms with Crippen molar-refractivity contribution in [3.05, 3.63) is 41.8 Å². The van der Waals surface area contributed by atoms with Gasteiger partial charge in [0.25, 0.3) is 5.91 Å². The Bertz CT molecular complexity index is 1080. The number of carbonyl (C=O) groups is 1. The lowest BCUT2D eigenvalue weighted by Gasteiger charge is -2.21. The van der Waals surface area contributed by atoms with E-state index in [4.69, 9.17) is 4.52 Å². The second-order valence-corrected chi connectivity index (χ2v) is 8.53. The lowest BCUT2D eigenvalue weighted by Crippen LogP contribution is -2.37. The SMILES string of the molecule is Cc1noc(C)c1S(=O)(=O)N1CCCN(C(=O)c2cn3cccnc3n2)CC1. The van der Waals surface area contributed by atoms with Crippen LogP contribution in [-0.4, -0.2) is 69.2 Å². The summed E-state index contributed by atoms with van der Waals surface area (Å²) in [6, 6.07) is 1.76. The molecule has 1 amide bonds. The number of nitrogens with zero attached hydrogens (tertiary/aromatic N) is 6. The third kappa shape index (κ3) is 3.16. The monoisotopic (exact) mass is 404 g/mol. The Morgan fingerprint density at radius 3 is 2.71 bits per heavy atom. The Morgan fingerprint density at radius 1 is 1.18 bits per heavy atom. The van der Waals surface area contributed by atoms with E-state index >= 15 is 0 Å². The Morgan fingerprint density at radius 2 is 2.00 bits per heavy atom. The van der Waals surface area contributed by atoms with Gasteiger partial charge in [-0.15, -0.1) is 0 Å². The Hall–Kier alpha value is -2.79. The van der Waals surface area contributed by atoms with Gasteiger partial charge in [0.2, 0.25) is 15.8 Å². The molecule has 3 aromatic rings. The fourth-order valence-electron chi connectivity index (χ4n) is 3.40. The first-order valence-electron chi connectivity index (χ1n) is 8.90. The van der Waals surface area contributed by atoms with Gasteiger partial charge >= 0.3 is 0 Å².